The smallest absolute Gasteiger partial charge is 0.264 e. The molecule has 3 aromatic carbocycles. The summed E-state index contributed by atoms with van der Waals surface area (Å²) in [4.78, 5) is 28.7. The molecule has 2 amide bonds. The lowest BCUT2D eigenvalue weighted by atomic mass is 10.1. The Morgan fingerprint density at radius 3 is 2.32 bits per heavy atom. The van der Waals surface area contributed by atoms with E-state index in [9.17, 15) is 18.0 Å². The fourth-order valence-corrected chi connectivity index (χ4v) is 6.16. The van der Waals surface area contributed by atoms with Gasteiger partial charge in [0.1, 0.15) is 18.3 Å². The van der Waals surface area contributed by atoms with E-state index in [1.165, 1.54) is 36.3 Å². The van der Waals surface area contributed by atoms with Crippen molar-refractivity contribution in [3.63, 3.8) is 0 Å². The Morgan fingerprint density at radius 2 is 1.68 bits per heavy atom. The molecule has 3 rings (SSSR count). The van der Waals surface area contributed by atoms with Crippen LogP contribution in [-0.2, 0) is 26.2 Å². The number of aryl methyl sites for hydroxylation is 1. The lowest BCUT2D eigenvalue weighted by Gasteiger charge is -2.33. The maximum atomic E-state index is 14.1. The second-order valence-corrected chi connectivity index (χ2v) is 12.1. The zero-order chi connectivity index (χ0) is 30.2. The number of rotatable bonds is 13. The van der Waals surface area contributed by atoms with Crippen molar-refractivity contribution in [1.82, 2.24) is 10.2 Å². The second kappa shape index (κ2) is 14.6. The minimum Gasteiger partial charge on any atom is -0.497 e. The third kappa shape index (κ3) is 7.93. The number of hydrogen-bond donors (Lipinski definition) is 1. The van der Waals surface area contributed by atoms with Crippen LogP contribution in [0.4, 0.5) is 5.69 Å². The van der Waals surface area contributed by atoms with E-state index in [-0.39, 0.29) is 33.1 Å². The molecule has 0 heterocycles. The summed E-state index contributed by atoms with van der Waals surface area (Å²) in [6.07, 6.45) is 1.04. The molecule has 0 radical (unpaired) electrons. The minimum absolute atomic E-state index is 0.00951. The van der Waals surface area contributed by atoms with E-state index in [0.717, 1.165) is 16.3 Å². The van der Waals surface area contributed by atoms with Gasteiger partial charge in [-0.2, -0.15) is 0 Å². The van der Waals surface area contributed by atoms with Crippen LogP contribution in [0.2, 0.25) is 10.0 Å². The summed E-state index contributed by atoms with van der Waals surface area (Å²) < 4.78 is 34.2. The highest BCUT2D eigenvalue weighted by molar-refractivity contribution is 7.92. The highest BCUT2D eigenvalue weighted by Crippen LogP contribution is 2.35. The lowest BCUT2D eigenvalue weighted by molar-refractivity contribution is -0.140. The number of sulfonamides is 1. The summed E-state index contributed by atoms with van der Waals surface area (Å²) in [5.41, 5.74) is 1.65. The predicted molar refractivity (Wildman–Crippen MR) is 163 cm³/mol. The molecule has 3 aromatic rings. The Morgan fingerprint density at radius 1 is 1.00 bits per heavy atom. The fourth-order valence-electron chi connectivity index (χ4n) is 4.29. The van der Waals surface area contributed by atoms with E-state index in [2.05, 4.69) is 5.32 Å². The lowest BCUT2D eigenvalue weighted by Crippen LogP contribution is -2.52. The summed E-state index contributed by atoms with van der Waals surface area (Å²) in [5, 5.41) is 2.99. The van der Waals surface area contributed by atoms with Crippen LogP contribution < -0.4 is 14.4 Å². The van der Waals surface area contributed by atoms with Crippen LogP contribution in [0.1, 0.15) is 37.8 Å². The van der Waals surface area contributed by atoms with Gasteiger partial charge in [0.25, 0.3) is 10.0 Å². The highest BCUT2D eigenvalue weighted by atomic mass is 35.5. The van der Waals surface area contributed by atoms with Crippen molar-refractivity contribution in [1.29, 1.82) is 0 Å². The predicted octanol–water partition coefficient (Wildman–Crippen LogP) is 5.84. The average Bonchev–Trinajstić information content (AvgIpc) is 2.96. The summed E-state index contributed by atoms with van der Waals surface area (Å²) in [6.45, 7) is 5.46. The number of ether oxygens (including phenoxy) is 1. The average molecular weight is 621 g/mol. The molecule has 0 bridgehead atoms. The van der Waals surface area contributed by atoms with Crippen LogP contribution in [0.5, 0.6) is 5.75 Å². The van der Waals surface area contributed by atoms with Crippen molar-refractivity contribution < 1.29 is 22.7 Å². The summed E-state index contributed by atoms with van der Waals surface area (Å²) >= 11 is 12.7. The number of nitrogens with zero attached hydrogens (tertiary/aromatic N) is 2. The molecule has 0 saturated heterocycles. The van der Waals surface area contributed by atoms with E-state index >= 15 is 0 Å². The number of hydrogen-bond acceptors (Lipinski definition) is 5. The van der Waals surface area contributed by atoms with Crippen molar-refractivity contribution in [3.05, 3.63) is 87.9 Å². The third-order valence-corrected chi connectivity index (χ3v) is 9.09. The SMILES string of the molecule is CCCNC(=O)C(CC)N(Cc1cccc(OC)c1)C(=O)CN(c1cccc(Cl)c1Cl)S(=O)(=O)c1ccc(C)cc1. The minimum atomic E-state index is -4.27. The van der Waals surface area contributed by atoms with Crippen LogP contribution in [0.15, 0.2) is 71.6 Å². The van der Waals surface area contributed by atoms with Crippen LogP contribution in [0.25, 0.3) is 0 Å². The van der Waals surface area contributed by atoms with Gasteiger partial charge in [-0.3, -0.25) is 13.9 Å². The molecule has 1 atom stereocenters. The van der Waals surface area contributed by atoms with E-state index in [1.54, 1.807) is 43.3 Å². The normalized spacial score (nSPS) is 12.0. The Bertz CT molecular complexity index is 1470. The van der Waals surface area contributed by atoms with Crippen molar-refractivity contribution in [2.75, 3.05) is 24.5 Å². The van der Waals surface area contributed by atoms with E-state index in [1.807, 2.05) is 19.9 Å². The van der Waals surface area contributed by atoms with Crippen molar-refractivity contribution in [2.45, 2.75) is 51.1 Å². The molecule has 8 nitrogen and oxygen atoms in total. The maximum Gasteiger partial charge on any atom is 0.264 e. The molecular weight excluding hydrogens is 585 g/mol. The summed E-state index contributed by atoms with van der Waals surface area (Å²) in [7, 11) is -2.73. The topological polar surface area (TPSA) is 96.0 Å². The molecule has 1 unspecified atom stereocenters. The van der Waals surface area contributed by atoms with Crippen LogP contribution in [0, 0.1) is 6.92 Å². The summed E-state index contributed by atoms with van der Waals surface area (Å²) in [5.74, 6) is -0.315. The molecule has 220 valence electrons. The molecule has 1 N–H and O–H groups in total. The maximum absolute atomic E-state index is 14.1. The van der Waals surface area contributed by atoms with Gasteiger partial charge in [-0.15, -0.1) is 0 Å². The number of nitrogens with one attached hydrogen (secondary N) is 1. The first-order valence-corrected chi connectivity index (χ1v) is 15.5. The van der Waals surface area contributed by atoms with E-state index in [4.69, 9.17) is 27.9 Å². The van der Waals surface area contributed by atoms with Gasteiger partial charge in [0.15, 0.2) is 0 Å². The number of carbonyl (C=O) groups is 2. The van der Waals surface area contributed by atoms with Gasteiger partial charge in [-0.1, -0.05) is 72.9 Å². The molecule has 0 aliphatic rings. The first-order valence-electron chi connectivity index (χ1n) is 13.3. The molecule has 0 saturated carbocycles. The Kier molecular flexibility index (Phi) is 11.5. The number of carbonyl (C=O) groups excluding carboxylic acids is 2. The Labute approximate surface area is 252 Å². The summed E-state index contributed by atoms with van der Waals surface area (Å²) in [6, 6.07) is 17.2. The molecular formula is C30H35Cl2N3O5S. The Balaban J connectivity index is 2.10. The van der Waals surface area contributed by atoms with Gasteiger partial charge < -0.3 is 15.0 Å². The first kappa shape index (κ1) is 32.2. The van der Waals surface area contributed by atoms with Crippen LogP contribution in [-0.4, -0.2) is 51.4 Å². The zero-order valence-corrected chi connectivity index (χ0v) is 25.9. The molecule has 0 aliphatic heterocycles. The third-order valence-electron chi connectivity index (χ3n) is 6.51. The number of anilines is 1. The van der Waals surface area contributed by atoms with Gasteiger partial charge in [0.2, 0.25) is 11.8 Å². The second-order valence-electron chi connectivity index (χ2n) is 9.49. The number of benzene rings is 3. The zero-order valence-electron chi connectivity index (χ0n) is 23.6. The highest BCUT2D eigenvalue weighted by Gasteiger charge is 2.34. The van der Waals surface area contributed by atoms with Gasteiger partial charge in [0.05, 0.1) is 27.7 Å². The Hall–Kier alpha value is -3.27. The van der Waals surface area contributed by atoms with Gasteiger partial charge in [-0.05, 0) is 61.7 Å². The monoisotopic (exact) mass is 619 g/mol. The van der Waals surface area contributed by atoms with E-state index < -0.39 is 28.5 Å². The van der Waals surface area contributed by atoms with Crippen molar-refractivity contribution >= 4 is 50.7 Å². The fraction of sp³-hybridized carbons (Fsp3) is 0.333. The van der Waals surface area contributed by atoms with Gasteiger partial charge in [0, 0.05) is 13.1 Å². The first-order chi connectivity index (χ1) is 19.5. The van der Waals surface area contributed by atoms with E-state index in [0.29, 0.717) is 24.3 Å². The largest absolute Gasteiger partial charge is 0.497 e. The molecule has 0 spiro atoms. The number of methoxy groups -OCH3 is 1. The van der Waals surface area contributed by atoms with Gasteiger partial charge in [-0.25, -0.2) is 8.42 Å². The molecule has 41 heavy (non-hydrogen) atoms. The van der Waals surface area contributed by atoms with Crippen LogP contribution in [0.3, 0.4) is 0 Å². The molecule has 0 aromatic heterocycles. The van der Waals surface area contributed by atoms with Gasteiger partial charge >= 0.3 is 0 Å². The molecule has 0 aliphatic carbocycles. The number of halogens is 2. The quantitative estimate of drug-likeness (QED) is 0.259. The molecule has 11 heteroatoms. The molecule has 0 fully saturated rings. The van der Waals surface area contributed by atoms with Crippen molar-refractivity contribution in [3.8, 4) is 5.75 Å². The van der Waals surface area contributed by atoms with Crippen LogP contribution >= 0.6 is 23.2 Å². The number of amides is 2. The van der Waals surface area contributed by atoms with Crippen molar-refractivity contribution in [2.24, 2.45) is 0 Å². The standard InChI is InChI=1S/C30H35Cl2N3O5S/c1-5-17-33-30(37)26(6-2)34(19-22-9-7-10-23(18-22)40-4)28(36)20-35(27-12-8-11-25(31)29(27)32)41(38,39)24-15-13-21(3)14-16-24/h7-16,18,26H,5-6,17,19-20H2,1-4H3,(H,33,37).